The first-order valence-electron chi connectivity index (χ1n) is 5.54. The van der Waals surface area contributed by atoms with Crippen molar-refractivity contribution in [2.75, 3.05) is 7.11 Å². The van der Waals surface area contributed by atoms with Gasteiger partial charge in [-0.05, 0) is 37.1 Å². The Labute approximate surface area is 104 Å². The molecule has 0 aliphatic rings. The van der Waals surface area contributed by atoms with E-state index in [0.717, 1.165) is 0 Å². The number of alkyl halides is 2. The van der Waals surface area contributed by atoms with Gasteiger partial charge in [-0.15, -0.1) is 0 Å². The van der Waals surface area contributed by atoms with Crippen LogP contribution in [0.2, 0.25) is 0 Å². The summed E-state index contributed by atoms with van der Waals surface area (Å²) in [5, 5.41) is 8.48. The SMILES string of the molecule is COc1ccc(C(F)(F)CCC(=O)O)c(C)c1C. The first-order chi connectivity index (χ1) is 8.29. The smallest absolute Gasteiger partial charge is 0.303 e. The van der Waals surface area contributed by atoms with E-state index in [2.05, 4.69) is 0 Å². The zero-order chi connectivity index (χ0) is 13.9. The van der Waals surface area contributed by atoms with Crippen molar-refractivity contribution in [3.8, 4) is 5.75 Å². The van der Waals surface area contributed by atoms with Crippen LogP contribution in [0.1, 0.15) is 29.5 Å². The summed E-state index contributed by atoms with van der Waals surface area (Å²) in [4.78, 5) is 10.4. The Morgan fingerprint density at radius 2 is 1.94 bits per heavy atom. The van der Waals surface area contributed by atoms with Crippen molar-refractivity contribution in [1.82, 2.24) is 0 Å². The van der Waals surface area contributed by atoms with Gasteiger partial charge in [0.05, 0.1) is 13.5 Å². The maximum absolute atomic E-state index is 13.9. The van der Waals surface area contributed by atoms with Gasteiger partial charge in [0.15, 0.2) is 0 Å². The van der Waals surface area contributed by atoms with Gasteiger partial charge in [0.2, 0.25) is 0 Å². The number of rotatable bonds is 5. The molecule has 1 aromatic rings. The largest absolute Gasteiger partial charge is 0.496 e. The van der Waals surface area contributed by atoms with E-state index in [4.69, 9.17) is 9.84 Å². The maximum atomic E-state index is 13.9. The summed E-state index contributed by atoms with van der Waals surface area (Å²) >= 11 is 0. The summed E-state index contributed by atoms with van der Waals surface area (Å²) in [6.45, 7) is 3.28. The van der Waals surface area contributed by atoms with Crippen molar-refractivity contribution >= 4 is 5.97 Å². The van der Waals surface area contributed by atoms with Crippen LogP contribution >= 0.6 is 0 Å². The molecule has 18 heavy (non-hydrogen) atoms. The molecule has 0 spiro atoms. The molecule has 0 aromatic heterocycles. The third-order valence-corrected chi connectivity index (χ3v) is 3.00. The van der Waals surface area contributed by atoms with Gasteiger partial charge in [0.25, 0.3) is 5.92 Å². The predicted molar refractivity (Wildman–Crippen MR) is 63.2 cm³/mol. The number of aliphatic carboxylic acids is 1. The highest BCUT2D eigenvalue weighted by Crippen LogP contribution is 2.38. The standard InChI is InChI=1S/C13H16F2O3/c1-8-9(2)11(18-3)5-4-10(8)13(14,15)7-6-12(16)17/h4-5H,6-7H2,1-3H3,(H,16,17). The van der Waals surface area contributed by atoms with Crippen LogP contribution in [0.5, 0.6) is 5.75 Å². The molecule has 0 unspecified atom stereocenters. The Morgan fingerprint density at radius 1 is 1.33 bits per heavy atom. The average molecular weight is 258 g/mol. The first kappa shape index (κ1) is 14.4. The molecular formula is C13H16F2O3. The number of halogens is 2. The summed E-state index contributed by atoms with van der Waals surface area (Å²) in [6, 6.07) is 2.77. The second kappa shape index (κ2) is 5.33. The summed E-state index contributed by atoms with van der Waals surface area (Å²) < 4.78 is 32.8. The molecule has 0 radical (unpaired) electrons. The predicted octanol–water partition coefficient (Wildman–Crippen LogP) is 3.27. The summed E-state index contributed by atoms with van der Waals surface area (Å²) in [5.74, 6) is -3.82. The van der Waals surface area contributed by atoms with Gasteiger partial charge >= 0.3 is 5.97 Å². The number of methoxy groups -OCH3 is 1. The number of hydrogen-bond donors (Lipinski definition) is 1. The molecule has 0 bridgehead atoms. The van der Waals surface area contributed by atoms with E-state index in [1.165, 1.54) is 19.2 Å². The fourth-order valence-corrected chi connectivity index (χ4v) is 1.81. The number of carboxylic acid groups (broad SMARTS) is 1. The van der Waals surface area contributed by atoms with Crippen LogP contribution < -0.4 is 4.74 Å². The van der Waals surface area contributed by atoms with Crippen LogP contribution in [0.25, 0.3) is 0 Å². The lowest BCUT2D eigenvalue weighted by Gasteiger charge is -2.20. The van der Waals surface area contributed by atoms with Crippen molar-refractivity contribution in [2.24, 2.45) is 0 Å². The third kappa shape index (κ3) is 2.97. The summed E-state index contributed by atoms with van der Waals surface area (Å²) in [6.07, 6.45) is -1.26. The van der Waals surface area contributed by atoms with E-state index in [0.29, 0.717) is 16.9 Å². The van der Waals surface area contributed by atoms with E-state index in [1.54, 1.807) is 13.8 Å². The van der Waals surface area contributed by atoms with Gasteiger partial charge in [-0.2, -0.15) is 0 Å². The number of carbonyl (C=O) groups is 1. The van der Waals surface area contributed by atoms with E-state index < -0.39 is 24.7 Å². The number of carboxylic acids is 1. The normalized spacial score (nSPS) is 11.4. The molecule has 0 fully saturated rings. The van der Waals surface area contributed by atoms with Gasteiger partial charge in [-0.3, -0.25) is 4.79 Å². The van der Waals surface area contributed by atoms with Gasteiger partial charge in [-0.25, -0.2) is 8.78 Å². The minimum Gasteiger partial charge on any atom is -0.496 e. The van der Waals surface area contributed by atoms with Crippen molar-refractivity contribution in [2.45, 2.75) is 32.6 Å². The molecule has 100 valence electrons. The second-order valence-electron chi connectivity index (χ2n) is 4.16. The third-order valence-electron chi connectivity index (χ3n) is 3.00. The Balaban J connectivity index is 3.09. The lowest BCUT2D eigenvalue weighted by Crippen LogP contribution is -2.17. The van der Waals surface area contributed by atoms with Crippen LogP contribution in [0.3, 0.4) is 0 Å². The topological polar surface area (TPSA) is 46.5 Å². The Bertz CT molecular complexity index is 456. The second-order valence-corrected chi connectivity index (χ2v) is 4.16. The van der Waals surface area contributed by atoms with E-state index >= 15 is 0 Å². The minimum absolute atomic E-state index is 0.137. The van der Waals surface area contributed by atoms with Gasteiger partial charge in [-0.1, -0.05) is 0 Å². The summed E-state index contributed by atoms with van der Waals surface area (Å²) in [7, 11) is 1.48. The Morgan fingerprint density at radius 3 is 2.44 bits per heavy atom. The molecule has 3 nitrogen and oxygen atoms in total. The summed E-state index contributed by atoms with van der Waals surface area (Å²) in [5.41, 5.74) is 0.941. The zero-order valence-electron chi connectivity index (χ0n) is 10.6. The molecule has 0 amide bonds. The van der Waals surface area contributed by atoms with Crippen LogP contribution in [-0.2, 0) is 10.7 Å². The molecule has 0 saturated heterocycles. The first-order valence-corrected chi connectivity index (χ1v) is 5.54. The Hall–Kier alpha value is -1.65. The monoisotopic (exact) mass is 258 g/mol. The molecule has 5 heteroatoms. The lowest BCUT2D eigenvalue weighted by molar-refractivity contribution is -0.139. The highest BCUT2D eigenvalue weighted by Gasteiger charge is 2.34. The van der Waals surface area contributed by atoms with Gasteiger partial charge in [0, 0.05) is 12.0 Å². The molecule has 0 saturated carbocycles. The van der Waals surface area contributed by atoms with Crippen LogP contribution in [0.15, 0.2) is 12.1 Å². The molecule has 1 rings (SSSR count). The van der Waals surface area contributed by atoms with Gasteiger partial charge in [0.1, 0.15) is 5.75 Å². The zero-order valence-corrected chi connectivity index (χ0v) is 10.6. The number of benzene rings is 1. The van der Waals surface area contributed by atoms with Crippen molar-refractivity contribution in [3.63, 3.8) is 0 Å². The maximum Gasteiger partial charge on any atom is 0.303 e. The molecular weight excluding hydrogens is 242 g/mol. The Kier molecular flexibility index (Phi) is 4.27. The van der Waals surface area contributed by atoms with Crippen LogP contribution in [0.4, 0.5) is 8.78 Å². The quantitative estimate of drug-likeness (QED) is 0.881. The van der Waals surface area contributed by atoms with Gasteiger partial charge < -0.3 is 9.84 Å². The molecule has 0 aliphatic heterocycles. The van der Waals surface area contributed by atoms with Crippen LogP contribution in [0, 0.1) is 13.8 Å². The van der Waals surface area contributed by atoms with E-state index in [1.807, 2.05) is 0 Å². The molecule has 0 atom stereocenters. The molecule has 0 heterocycles. The average Bonchev–Trinajstić information content (AvgIpc) is 2.30. The van der Waals surface area contributed by atoms with Crippen LogP contribution in [-0.4, -0.2) is 18.2 Å². The highest BCUT2D eigenvalue weighted by atomic mass is 19.3. The fourth-order valence-electron chi connectivity index (χ4n) is 1.81. The van der Waals surface area contributed by atoms with Crippen molar-refractivity contribution in [3.05, 3.63) is 28.8 Å². The number of hydrogen-bond acceptors (Lipinski definition) is 2. The fraction of sp³-hybridized carbons (Fsp3) is 0.462. The molecule has 0 aliphatic carbocycles. The highest BCUT2D eigenvalue weighted by molar-refractivity contribution is 5.66. The molecule has 1 N–H and O–H groups in total. The van der Waals surface area contributed by atoms with E-state index in [9.17, 15) is 13.6 Å². The van der Waals surface area contributed by atoms with Crippen molar-refractivity contribution in [1.29, 1.82) is 0 Å². The lowest BCUT2D eigenvalue weighted by atomic mass is 9.95. The van der Waals surface area contributed by atoms with Crippen molar-refractivity contribution < 1.29 is 23.4 Å². The molecule has 1 aromatic carbocycles. The number of ether oxygens (including phenoxy) is 1. The van der Waals surface area contributed by atoms with E-state index in [-0.39, 0.29) is 5.56 Å². The minimum atomic E-state index is -3.14.